The average Bonchev–Trinajstić information content (AvgIpc) is 2.12. The Balaban J connectivity index is 3.13. The largest absolute Gasteiger partial charge is 0.504 e. The van der Waals surface area contributed by atoms with Gasteiger partial charge in [-0.3, -0.25) is 0 Å². The number of hydrogen-bond donors (Lipinski definition) is 2. The number of aromatic hydroxyl groups is 1. The van der Waals surface area contributed by atoms with Crippen molar-refractivity contribution in [1.29, 1.82) is 0 Å². The van der Waals surface area contributed by atoms with Gasteiger partial charge >= 0.3 is 0 Å². The van der Waals surface area contributed by atoms with Crippen LogP contribution < -0.4 is 4.74 Å². The molecule has 0 aliphatic rings. The molecule has 0 saturated heterocycles. The SMILES string of the molecule is COc1ccc(Cl)c(CCO)c1O. The molecular weight excluding hydrogens is 192 g/mol. The van der Waals surface area contributed by atoms with E-state index in [1.807, 2.05) is 0 Å². The molecule has 0 bridgehead atoms. The highest BCUT2D eigenvalue weighted by molar-refractivity contribution is 6.31. The number of benzene rings is 1. The van der Waals surface area contributed by atoms with Crippen LogP contribution in [0.3, 0.4) is 0 Å². The number of methoxy groups -OCH3 is 1. The van der Waals surface area contributed by atoms with Gasteiger partial charge in [0.2, 0.25) is 0 Å². The molecule has 72 valence electrons. The maximum atomic E-state index is 9.58. The number of phenolic OH excluding ortho intramolecular Hbond substituents is 1. The summed E-state index contributed by atoms with van der Waals surface area (Å²) in [7, 11) is 1.46. The zero-order chi connectivity index (χ0) is 9.84. The quantitative estimate of drug-likeness (QED) is 0.783. The zero-order valence-electron chi connectivity index (χ0n) is 7.25. The van der Waals surface area contributed by atoms with Gasteiger partial charge in [-0.1, -0.05) is 11.6 Å². The Labute approximate surface area is 81.5 Å². The van der Waals surface area contributed by atoms with Gasteiger partial charge in [0.25, 0.3) is 0 Å². The van der Waals surface area contributed by atoms with Crippen LogP contribution in [-0.2, 0) is 6.42 Å². The molecule has 13 heavy (non-hydrogen) atoms. The molecule has 0 aromatic heterocycles. The molecule has 0 radical (unpaired) electrons. The first-order chi connectivity index (χ1) is 6.20. The summed E-state index contributed by atoms with van der Waals surface area (Å²) >= 11 is 5.81. The van der Waals surface area contributed by atoms with E-state index in [0.717, 1.165) is 0 Å². The second-order valence-corrected chi connectivity index (χ2v) is 2.96. The van der Waals surface area contributed by atoms with Gasteiger partial charge in [0.1, 0.15) is 0 Å². The minimum absolute atomic E-state index is 0.00375. The van der Waals surface area contributed by atoms with Crippen LogP contribution in [0, 0.1) is 0 Å². The minimum Gasteiger partial charge on any atom is -0.504 e. The van der Waals surface area contributed by atoms with Crippen LogP contribution in [0.4, 0.5) is 0 Å². The fraction of sp³-hybridized carbons (Fsp3) is 0.333. The molecule has 0 heterocycles. The lowest BCUT2D eigenvalue weighted by Crippen LogP contribution is -1.94. The summed E-state index contributed by atoms with van der Waals surface area (Å²) in [4.78, 5) is 0. The van der Waals surface area contributed by atoms with Crippen LogP contribution in [0.2, 0.25) is 5.02 Å². The average molecular weight is 203 g/mol. The number of aliphatic hydroxyl groups excluding tert-OH is 1. The van der Waals surface area contributed by atoms with Crippen molar-refractivity contribution in [3.05, 3.63) is 22.7 Å². The maximum Gasteiger partial charge on any atom is 0.162 e. The van der Waals surface area contributed by atoms with Crippen molar-refractivity contribution >= 4 is 11.6 Å². The molecule has 3 nitrogen and oxygen atoms in total. The smallest absolute Gasteiger partial charge is 0.162 e. The van der Waals surface area contributed by atoms with Gasteiger partial charge < -0.3 is 14.9 Å². The highest BCUT2D eigenvalue weighted by Gasteiger charge is 2.10. The Morgan fingerprint density at radius 3 is 2.69 bits per heavy atom. The molecule has 0 amide bonds. The summed E-state index contributed by atoms with van der Waals surface area (Å²) in [6.07, 6.45) is 0.321. The lowest BCUT2D eigenvalue weighted by Gasteiger charge is -2.09. The Kier molecular flexibility index (Phi) is 3.39. The Bertz CT molecular complexity index is 299. The summed E-state index contributed by atoms with van der Waals surface area (Å²) in [6, 6.07) is 3.21. The van der Waals surface area contributed by atoms with E-state index in [1.165, 1.54) is 7.11 Å². The number of hydrogen-bond acceptors (Lipinski definition) is 3. The van der Waals surface area contributed by atoms with Crippen LogP contribution in [-0.4, -0.2) is 23.9 Å². The molecule has 0 unspecified atom stereocenters. The standard InChI is InChI=1S/C9H11ClO3/c1-13-8-3-2-7(10)6(4-5-11)9(8)12/h2-3,11-12H,4-5H2,1H3. The molecular formula is C9H11ClO3. The van der Waals surface area contributed by atoms with Crippen molar-refractivity contribution in [3.8, 4) is 11.5 Å². The molecule has 0 atom stereocenters. The summed E-state index contributed by atoms with van der Waals surface area (Å²) in [5, 5.41) is 18.7. The molecule has 2 N–H and O–H groups in total. The predicted molar refractivity (Wildman–Crippen MR) is 50.5 cm³/mol. The van der Waals surface area contributed by atoms with Crippen molar-refractivity contribution < 1.29 is 14.9 Å². The zero-order valence-corrected chi connectivity index (χ0v) is 8.01. The summed E-state index contributed by atoms with van der Waals surface area (Å²) in [6.45, 7) is -0.0551. The third kappa shape index (κ3) is 2.05. The molecule has 1 aromatic carbocycles. The van der Waals surface area contributed by atoms with E-state index >= 15 is 0 Å². The van der Waals surface area contributed by atoms with Gasteiger partial charge in [-0.05, 0) is 12.1 Å². The van der Waals surface area contributed by atoms with E-state index in [9.17, 15) is 5.11 Å². The molecule has 1 rings (SSSR count). The summed E-state index contributed by atoms with van der Waals surface area (Å²) in [5.74, 6) is 0.372. The Morgan fingerprint density at radius 2 is 2.15 bits per heavy atom. The van der Waals surface area contributed by atoms with Gasteiger partial charge in [0.15, 0.2) is 11.5 Å². The third-order valence-electron chi connectivity index (χ3n) is 1.77. The Morgan fingerprint density at radius 1 is 1.46 bits per heavy atom. The van der Waals surface area contributed by atoms with E-state index in [-0.39, 0.29) is 12.4 Å². The molecule has 0 aliphatic heterocycles. The lowest BCUT2D eigenvalue weighted by atomic mass is 10.1. The highest BCUT2D eigenvalue weighted by atomic mass is 35.5. The van der Waals surface area contributed by atoms with E-state index in [1.54, 1.807) is 12.1 Å². The fourth-order valence-corrected chi connectivity index (χ4v) is 1.35. The molecule has 0 spiro atoms. The first kappa shape index (κ1) is 10.2. The van der Waals surface area contributed by atoms with Gasteiger partial charge in [0, 0.05) is 23.6 Å². The van der Waals surface area contributed by atoms with E-state index in [4.69, 9.17) is 21.4 Å². The molecule has 0 aliphatic carbocycles. The molecule has 4 heteroatoms. The molecule has 1 aromatic rings. The topological polar surface area (TPSA) is 49.7 Å². The van der Waals surface area contributed by atoms with Gasteiger partial charge in [0.05, 0.1) is 7.11 Å². The van der Waals surface area contributed by atoms with Crippen molar-refractivity contribution in [3.63, 3.8) is 0 Å². The van der Waals surface area contributed by atoms with Gasteiger partial charge in [-0.2, -0.15) is 0 Å². The second kappa shape index (κ2) is 4.35. The van der Waals surface area contributed by atoms with Gasteiger partial charge in [-0.15, -0.1) is 0 Å². The molecule has 0 saturated carbocycles. The Hall–Kier alpha value is -0.930. The van der Waals surface area contributed by atoms with Crippen molar-refractivity contribution in [2.24, 2.45) is 0 Å². The number of ether oxygens (including phenoxy) is 1. The second-order valence-electron chi connectivity index (χ2n) is 2.55. The summed E-state index contributed by atoms with van der Waals surface area (Å²) < 4.78 is 4.90. The molecule has 0 fully saturated rings. The van der Waals surface area contributed by atoms with E-state index in [0.29, 0.717) is 22.8 Å². The van der Waals surface area contributed by atoms with E-state index in [2.05, 4.69) is 0 Å². The maximum absolute atomic E-state index is 9.58. The van der Waals surface area contributed by atoms with Crippen LogP contribution in [0.25, 0.3) is 0 Å². The first-order valence-corrected chi connectivity index (χ1v) is 4.23. The summed E-state index contributed by atoms with van der Waals surface area (Å²) in [5.41, 5.74) is 0.517. The van der Waals surface area contributed by atoms with Crippen LogP contribution in [0.15, 0.2) is 12.1 Å². The van der Waals surface area contributed by atoms with Crippen molar-refractivity contribution in [1.82, 2.24) is 0 Å². The lowest BCUT2D eigenvalue weighted by molar-refractivity contribution is 0.296. The van der Waals surface area contributed by atoms with Crippen LogP contribution in [0.5, 0.6) is 11.5 Å². The predicted octanol–water partition coefficient (Wildman–Crippen LogP) is 1.59. The van der Waals surface area contributed by atoms with Crippen molar-refractivity contribution in [2.45, 2.75) is 6.42 Å². The highest BCUT2D eigenvalue weighted by Crippen LogP contribution is 2.34. The number of rotatable bonds is 3. The number of halogens is 1. The third-order valence-corrected chi connectivity index (χ3v) is 2.12. The monoisotopic (exact) mass is 202 g/mol. The van der Waals surface area contributed by atoms with Crippen LogP contribution in [0.1, 0.15) is 5.56 Å². The van der Waals surface area contributed by atoms with E-state index < -0.39 is 0 Å². The normalized spacial score (nSPS) is 10.1. The minimum atomic E-state index is -0.0551. The van der Waals surface area contributed by atoms with Crippen LogP contribution >= 0.6 is 11.6 Å². The van der Waals surface area contributed by atoms with Gasteiger partial charge in [-0.25, -0.2) is 0 Å². The van der Waals surface area contributed by atoms with Crippen molar-refractivity contribution in [2.75, 3.05) is 13.7 Å². The fourth-order valence-electron chi connectivity index (χ4n) is 1.10. The number of phenols is 1. The first-order valence-electron chi connectivity index (χ1n) is 3.86. The number of aliphatic hydroxyl groups is 1.